The van der Waals surface area contributed by atoms with E-state index in [4.69, 9.17) is 4.74 Å². The summed E-state index contributed by atoms with van der Waals surface area (Å²) in [5.74, 6) is 2.00. The first-order valence-corrected chi connectivity index (χ1v) is 7.12. The van der Waals surface area contributed by atoms with Crippen molar-refractivity contribution in [2.24, 2.45) is 5.92 Å². The van der Waals surface area contributed by atoms with Crippen molar-refractivity contribution in [3.8, 4) is 5.75 Å². The molecular formula is C14H20BrNO. The first-order chi connectivity index (χ1) is 8.29. The van der Waals surface area contributed by atoms with Crippen LogP contribution in [0.2, 0.25) is 0 Å². The van der Waals surface area contributed by atoms with Gasteiger partial charge in [0.05, 0.1) is 7.11 Å². The van der Waals surface area contributed by atoms with Crippen LogP contribution in [0.5, 0.6) is 5.75 Å². The molecule has 94 valence electrons. The molecule has 1 aromatic carbocycles. The van der Waals surface area contributed by atoms with Gasteiger partial charge in [0.15, 0.2) is 0 Å². The van der Waals surface area contributed by atoms with Gasteiger partial charge in [0, 0.05) is 16.6 Å². The van der Waals surface area contributed by atoms with E-state index < -0.39 is 0 Å². The maximum absolute atomic E-state index is 5.34. The number of methoxy groups -OCH3 is 1. The normalized spacial score (nSPS) is 14.9. The van der Waals surface area contributed by atoms with Crippen molar-refractivity contribution in [1.29, 1.82) is 0 Å². The average molecular weight is 298 g/mol. The number of benzene rings is 1. The van der Waals surface area contributed by atoms with Gasteiger partial charge in [0.25, 0.3) is 0 Å². The van der Waals surface area contributed by atoms with Gasteiger partial charge in [-0.25, -0.2) is 0 Å². The summed E-state index contributed by atoms with van der Waals surface area (Å²) in [5, 5.41) is 3.49. The zero-order valence-electron chi connectivity index (χ0n) is 10.3. The third-order valence-electron chi connectivity index (χ3n) is 3.22. The minimum atomic E-state index is 0.882. The van der Waals surface area contributed by atoms with Crippen molar-refractivity contribution < 1.29 is 4.74 Å². The summed E-state index contributed by atoms with van der Waals surface area (Å²) in [6.07, 6.45) is 5.60. The second-order valence-corrected chi connectivity index (χ2v) is 5.63. The van der Waals surface area contributed by atoms with Crippen LogP contribution < -0.4 is 10.1 Å². The summed E-state index contributed by atoms with van der Waals surface area (Å²) in [7, 11) is 1.72. The van der Waals surface area contributed by atoms with E-state index in [-0.39, 0.29) is 0 Å². The summed E-state index contributed by atoms with van der Waals surface area (Å²) >= 11 is 3.49. The lowest BCUT2D eigenvalue weighted by atomic mass is 10.2. The van der Waals surface area contributed by atoms with Crippen LogP contribution >= 0.6 is 15.9 Å². The van der Waals surface area contributed by atoms with E-state index in [1.807, 2.05) is 12.1 Å². The molecule has 0 amide bonds. The molecule has 1 aliphatic rings. The summed E-state index contributed by atoms with van der Waals surface area (Å²) in [6.45, 7) is 1.99. The van der Waals surface area contributed by atoms with Crippen LogP contribution in [0.25, 0.3) is 0 Å². The van der Waals surface area contributed by atoms with Crippen molar-refractivity contribution >= 4 is 15.9 Å². The van der Waals surface area contributed by atoms with Crippen LogP contribution in [0.15, 0.2) is 22.7 Å². The number of ether oxygens (including phenoxy) is 1. The summed E-state index contributed by atoms with van der Waals surface area (Å²) in [5.41, 5.74) is 1.22. The van der Waals surface area contributed by atoms with Gasteiger partial charge in [0.1, 0.15) is 5.75 Å². The maximum atomic E-state index is 5.34. The lowest BCUT2D eigenvalue weighted by Crippen LogP contribution is -2.15. The van der Waals surface area contributed by atoms with Gasteiger partial charge in [-0.15, -0.1) is 0 Å². The SMILES string of the molecule is COc1ccc(Br)cc1CNCCCC1CC1. The molecule has 1 N–H and O–H groups in total. The maximum Gasteiger partial charge on any atom is 0.123 e. The van der Waals surface area contributed by atoms with E-state index in [1.54, 1.807) is 7.11 Å². The molecule has 0 radical (unpaired) electrons. The number of rotatable bonds is 7. The lowest BCUT2D eigenvalue weighted by Gasteiger charge is -2.10. The minimum Gasteiger partial charge on any atom is -0.496 e. The van der Waals surface area contributed by atoms with Crippen LogP contribution in [0.3, 0.4) is 0 Å². The molecule has 1 saturated carbocycles. The molecule has 2 rings (SSSR count). The zero-order chi connectivity index (χ0) is 12.1. The Hall–Kier alpha value is -0.540. The van der Waals surface area contributed by atoms with Gasteiger partial charge in [-0.05, 0) is 43.5 Å². The van der Waals surface area contributed by atoms with Gasteiger partial charge in [-0.1, -0.05) is 28.8 Å². The second-order valence-electron chi connectivity index (χ2n) is 4.72. The van der Waals surface area contributed by atoms with Crippen molar-refractivity contribution in [3.05, 3.63) is 28.2 Å². The van der Waals surface area contributed by atoms with Crippen LogP contribution in [0, 0.1) is 5.92 Å². The summed E-state index contributed by atoms with van der Waals surface area (Å²) in [6, 6.07) is 6.13. The molecule has 0 bridgehead atoms. The standard InChI is InChI=1S/C14H20BrNO/c1-17-14-7-6-13(15)9-12(14)10-16-8-2-3-11-4-5-11/h6-7,9,11,16H,2-5,8,10H2,1H3. The van der Waals surface area contributed by atoms with Crippen LogP contribution in [-0.4, -0.2) is 13.7 Å². The number of halogens is 1. The lowest BCUT2D eigenvalue weighted by molar-refractivity contribution is 0.407. The fourth-order valence-electron chi connectivity index (χ4n) is 2.03. The van der Waals surface area contributed by atoms with E-state index in [9.17, 15) is 0 Å². The number of nitrogens with one attached hydrogen (secondary N) is 1. The van der Waals surface area contributed by atoms with Gasteiger partial charge in [-0.3, -0.25) is 0 Å². The van der Waals surface area contributed by atoms with Crippen LogP contribution in [0.4, 0.5) is 0 Å². The summed E-state index contributed by atoms with van der Waals surface area (Å²) < 4.78 is 6.45. The van der Waals surface area contributed by atoms with E-state index in [1.165, 1.54) is 31.2 Å². The Labute approximate surface area is 112 Å². The predicted octanol–water partition coefficient (Wildman–Crippen LogP) is 3.74. The molecule has 0 atom stereocenters. The predicted molar refractivity (Wildman–Crippen MR) is 74.4 cm³/mol. The van der Waals surface area contributed by atoms with Crippen LogP contribution in [0.1, 0.15) is 31.2 Å². The van der Waals surface area contributed by atoms with Gasteiger partial charge < -0.3 is 10.1 Å². The topological polar surface area (TPSA) is 21.3 Å². The van der Waals surface area contributed by atoms with E-state index in [0.29, 0.717) is 0 Å². The van der Waals surface area contributed by atoms with Gasteiger partial charge in [0.2, 0.25) is 0 Å². The first-order valence-electron chi connectivity index (χ1n) is 6.32. The molecule has 2 nitrogen and oxygen atoms in total. The van der Waals surface area contributed by atoms with Crippen molar-refractivity contribution in [1.82, 2.24) is 5.32 Å². The Balaban J connectivity index is 1.74. The summed E-state index contributed by atoms with van der Waals surface area (Å²) in [4.78, 5) is 0. The van der Waals surface area contributed by atoms with E-state index in [2.05, 4.69) is 27.3 Å². The second kappa shape index (κ2) is 6.41. The molecule has 1 aromatic rings. The molecule has 0 unspecified atom stereocenters. The average Bonchev–Trinajstić information content (AvgIpc) is 3.13. The quantitative estimate of drug-likeness (QED) is 0.774. The Morgan fingerprint density at radius 2 is 2.24 bits per heavy atom. The van der Waals surface area contributed by atoms with Crippen LogP contribution in [-0.2, 0) is 6.54 Å². The molecule has 3 heteroatoms. The Kier molecular flexibility index (Phi) is 4.86. The highest BCUT2D eigenvalue weighted by Gasteiger charge is 2.19. The Morgan fingerprint density at radius 3 is 2.94 bits per heavy atom. The minimum absolute atomic E-state index is 0.882. The molecular weight excluding hydrogens is 278 g/mol. The molecule has 0 saturated heterocycles. The molecule has 1 fully saturated rings. The molecule has 0 aromatic heterocycles. The monoisotopic (exact) mass is 297 g/mol. The number of hydrogen-bond acceptors (Lipinski definition) is 2. The van der Waals surface area contributed by atoms with Gasteiger partial charge >= 0.3 is 0 Å². The van der Waals surface area contributed by atoms with Crippen molar-refractivity contribution in [3.63, 3.8) is 0 Å². The number of hydrogen-bond donors (Lipinski definition) is 1. The smallest absolute Gasteiger partial charge is 0.123 e. The first kappa shape index (κ1) is 12.9. The fraction of sp³-hybridized carbons (Fsp3) is 0.571. The third-order valence-corrected chi connectivity index (χ3v) is 3.71. The van der Waals surface area contributed by atoms with Gasteiger partial charge in [-0.2, -0.15) is 0 Å². The Bertz CT molecular complexity index is 363. The fourth-order valence-corrected chi connectivity index (χ4v) is 2.44. The zero-order valence-corrected chi connectivity index (χ0v) is 11.9. The van der Waals surface area contributed by atoms with E-state index in [0.717, 1.165) is 29.2 Å². The Morgan fingerprint density at radius 1 is 1.41 bits per heavy atom. The molecule has 0 aliphatic heterocycles. The highest BCUT2D eigenvalue weighted by Crippen LogP contribution is 2.33. The molecule has 1 aliphatic carbocycles. The molecule has 0 heterocycles. The molecule has 17 heavy (non-hydrogen) atoms. The van der Waals surface area contributed by atoms with Crippen molar-refractivity contribution in [2.75, 3.05) is 13.7 Å². The largest absolute Gasteiger partial charge is 0.496 e. The van der Waals surface area contributed by atoms with E-state index >= 15 is 0 Å². The third kappa shape index (κ3) is 4.32. The highest BCUT2D eigenvalue weighted by atomic mass is 79.9. The van der Waals surface area contributed by atoms with Crippen molar-refractivity contribution in [2.45, 2.75) is 32.2 Å². The highest BCUT2D eigenvalue weighted by molar-refractivity contribution is 9.10. The molecule has 0 spiro atoms.